The molecule has 28 heavy (non-hydrogen) atoms. The molecule has 1 aromatic carbocycles. The number of thiazole rings is 1. The summed E-state index contributed by atoms with van der Waals surface area (Å²) in [5, 5.41) is 3.86. The first-order valence-corrected chi connectivity index (χ1v) is 11.0. The van der Waals surface area contributed by atoms with E-state index < -0.39 is 0 Å². The Balaban J connectivity index is 1.43. The van der Waals surface area contributed by atoms with Gasteiger partial charge < -0.3 is 20.3 Å². The minimum atomic E-state index is -0.0590. The molecule has 2 aliphatic rings. The lowest BCUT2D eigenvalue weighted by molar-refractivity contribution is 0.0530. The van der Waals surface area contributed by atoms with Gasteiger partial charge in [0.1, 0.15) is 0 Å². The predicted octanol–water partition coefficient (Wildman–Crippen LogP) is 2.98. The van der Waals surface area contributed by atoms with E-state index in [-0.39, 0.29) is 5.41 Å². The quantitative estimate of drug-likeness (QED) is 0.609. The molecule has 150 valence electrons. The molecular formula is C20H26ClN5OS. The van der Waals surface area contributed by atoms with Crippen molar-refractivity contribution in [2.75, 3.05) is 50.8 Å². The number of guanidine groups is 1. The molecule has 0 aliphatic carbocycles. The van der Waals surface area contributed by atoms with Crippen molar-refractivity contribution in [3.8, 4) is 0 Å². The first-order valence-electron chi connectivity index (χ1n) is 9.69. The zero-order valence-corrected chi connectivity index (χ0v) is 17.5. The summed E-state index contributed by atoms with van der Waals surface area (Å²) in [6, 6.07) is 8.14. The SMILES string of the molecule is NC(=NCC1(c2cccc(Cl)c2)CCOCC1)N1CCN(c2nccs2)CC1. The lowest BCUT2D eigenvalue weighted by Gasteiger charge is -2.38. The molecule has 0 unspecified atom stereocenters. The molecule has 0 amide bonds. The van der Waals surface area contributed by atoms with Crippen LogP contribution < -0.4 is 10.6 Å². The molecule has 0 spiro atoms. The van der Waals surface area contributed by atoms with E-state index in [1.165, 1.54) is 5.56 Å². The van der Waals surface area contributed by atoms with E-state index in [4.69, 9.17) is 27.1 Å². The summed E-state index contributed by atoms with van der Waals surface area (Å²) in [6.45, 7) is 5.70. The Labute approximate surface area is 175 Å². The van der Waals surface area contributed by atoms with Gasteiger partial charge in [-0.3, -0.25) is 4.99 Å². The normalized spacial score (nSPS) is 20.4. The van der Waals surface area contributed by atoms with Gasteiger partial charge in [0.05, 0.1) is 6.54 Å². The number of hydrogen-bond acceptors (Lipinski definition) is 5. The van der Waals surface area contributed by atoms with Crippen molar-refractivity contribution in [1.29, 1.82) is 0 Å². The Morgan fingerprint density at radius 3 is 2.71 bits per heavy atom. The van der Waals surface area contributed by atoms with Gasteiger partial charge in [0.15, 0.2) is 11.1 Å². The Hall–Kier alpha value is -1.83. The minimum absolute atomic E-state index is 0.0590. The standard InChI is InChI=1S/C20H26ClN5OS/c21-17-3-1-2-16(14-17)20(4-11-27-12-5-20)15-24-18(22)25-7-9-26(10-8-25)19-23-6-13-28-19/h1-3,6,13-14H,4-5,7-12,15H2,(H2,22,24). The third kappa shape index (κ3) is 4.26. The Morgan fingerprint density at radius 2 is 2.04 bits per heavy atom. The van der Waals surface area contributed by atoms with Gasteiger partial charge in [-0.2, -0.15) is 0 Å². The number of aromatic nitrogens is 1. The molecule has 2 saturated heterocycles. The summed E-state index contributed by atoms with van der Waals surface area (Å²) in [7, 11) is 0. The third-order valence-corrected chi connectivity index (χ3v) is 6.79. The lowest BCUT2D eigenvalue weighted by atomic mass is 9.74. The molecule has 2 aromatic rings. The Bertz CT molecular complexity index is 799. The summed E-state index contributed by atoms with van der Waals surface area (Å²) in [5.74, 6) is 0.631. The summed E-state index contributed by atoms with van der Waals surface area (Å²) in [6.07, 6.45) is 3.72. The number of ether oxygens (including phenoxy) is 1. The van der Waals surface area contributed by atoms with Crippen molar-refractivity contribution in [2.24, 2.45) is 10.7 Å². The zero-order chi connectivity index (χ0) is 19.4. The first-order chi connectivity index (χ1) is 13.7. The fourth-order valence-electron chi connectivity index (χ4n) is 3.95. The van der Waals surface area contributed by atoms with Crippen LogP contribution in [0.15, 0.2) is 40.8 Å². The number of piperazine rings is 1. The van der Waals surface area contributed by atoms with Crippen molar-refractivity contribution >= 4 is 34.0 Å². The summed E-state index contributed by atoms with van der Waals surface area (Å²) >= 11 is 7.94. The average molecular weight is 420 g/mol. The highest BCUT2D eigenvalue weighted by Gasteiger charge is 2.35. The average Bonchev–Trinajstić information content (AvgIpc) is 3.28. The van der Waals surface area contributed by atoms with Gasteiger partial charge >= 0.3 is 0 Å². The lowest BCUT2D eigenvalue weighted by Crippen LogP contribution is -2.51. The molecule has 2 N–H and O–H groups in total. The summed E-state index contributed by atoms with van der Waals surface area (Å²) in [4.78, 5) is 13.7. The molecule has 2 aliphatic heterocycles. The van der Waals surface area contributed by atoms with Gasteiger partial charge in [-0.15, -0.1) is 11.3 Å². The van der Waals surface area contributed by atoms with Crippen molar-refractivity contribution in [1.82, 2.24) is 9.88 Å². The van der Waals surface area contributed by atoms with Crippen molar-refractivity contribution < 1.29 is 4.74 Å². The van der Waals surface area contributed by atoms with Crippen molar-refractivity contribution in [2.45, 2.75) is 18.3 Å². The molecule has 0 saturated carbocycles. The highest BCUT2D eigenvalue weighted by atomic mass is 35.5. The van der Waals surface area contributed by atoms with Crippen LogP contribution in [0.25, 0.3) is 0 Å². The maximum Gasteiger partial charge on any atom is 0.191 e. The number of nitrogens with zero attached hydrogens (tertiary/aromatic N) is 4. The number of nitrogens with two attached hydrogens (primary N) is 1. The van der Waals surface area contributed by atoms with E-state index in [9.17, 15) is 0 Å². The molecule has 0 radical (unpaired) electrons. The van der Waals surface area contributed by atoms with Crippen molar-refractivity contribution in [3.05, 3.63) is 46.4 Å². The molecule has 2 fully saturated rings. The van der Waals surface area contributed by atoms with Crippen LogP contribution in [-0.2, 0) is 10.2 Å². The molecule has 3 heterocycles. The molecular weight excluding hydrogens is 394 g/mol. The Kier molecular flexibility index (Phi) is 6.04. The largest absolute Gasteiger partial charge is 0.381 e. The topological polar surface area (TPSA) is 67.0 Å². The smallest absolute Gasteiger partial charge is 0.191 e. The van der Waals surface area contributed by atoms with Gasteiger partial charge in [-0.1, -0.05) is 23.7 Å². The van der Waals surface area contributed by atoms with Crippen LogP contribution in [0.4, 0.5) is 5.13 Å². The zero-order valence-electron chi connectivity index (χ0n) is 15.9. The summed E-state index contributed by atoms with van der Waals surface area (Å²) < 4.78 is 5.61. The summed E-state index contributed by atoms with van der Waals surface area (Å²) in [5.41, 5.74) is 7.55. The maximum absolute atomic E-state index is 6.38. The number of benzene rings is 1. The van der Waals surface area contributed by atoms with Crippen LogP contribution in [0, 0.1) is 0 Å². The van der Waals surface area contributed by atoms with Crippen molar-refractivity contribution in [3.63, 3.8) is 0 Å². The molecule has 6 nitrogen and oxygen atoms in total. The molecule has 0 atom stereocenters. The predicted molar refractivity (Wildman–Crippen MR) is 116 cm³/mol. The van der Waals surface area contributed by atoms with E-state index in [1.807, 2.05) is 23.7 Å². The fourth-order valence-corrected chi connectivity index (χ4v) is 4.84. The fraction of sp³-hybridized carbons (Fsp3) is 0.500. The van der Waals surface area contributed by atoms with Gasteiger partial charge in [0.2, 0.25) is 0 Å². The highest BCUT2D eigenvalue weighted by molar-refractivity contribution is 7.13. The first kappa shape index (κ1) is 19.5. The van der Waals surface area contributed by atoms with Crippen LogP contribution in [0.3, 0.4) is 0 Å². The van der Waals surface area contributed by atoms with Crippen LogP contribution in [0.2, 0.25) is 5.02 Å². The number of rotatable bonds is 4. The maximum atomic E-state index is 6.38. The number of anilines is 1. The number of halogens is 1. The second-order valence-corrected chi connectivity index (χ2v) is 8.68. The highest BCUT2D eigenvalue weighted by Crippen LogP contribution is 2.36. The van der Waals surface area contributed by atoms with Gasteiger partial charge in [-0.05, 0) is 30.5 Å². The molecule has 0 bridgehead atoms. The number of aliphatic imine (C=N–C) groups is 1. The van der Waals surface area contributed by atoms with E-state index in [2.05, 4.69) is 26.9 Å². The number of hydrogen-bond donors (Lipinski definition) is 1. The van der Waals surface area contributed by atoms with Gasteiger partial charge in [-0.25, -0.2) is 4.98 Å². The molecule has 4 rings (SSSR count). The van der Waals surface area contributed by atoms with Crippen LogP contribution in [-0.4, -0.2) is 61.8 Å². The second-order valence-electron chi connectivity index (χ2n) is 7.37. The van der Waals surface area contributed by atoms with Crippen LogP contribution in [0.1, 0.15) is 18.4 Å². The van der Waals surface area contributed by atoms with E-state index in [0.717, 1.165) is 62.4 Å². The van der Waals surface area contributed by atoms with E-state index in [0.29, 0.717) is 12.5 Å². The van der Waals surface area contributed by atoms with E-state index >= 15 is 0 Å². The third-order valence-electron chi connectivity index (χ3n) is 5.72. The van der Waals surface area contributed by atoms with Crippen LogP contribution >= 0.6 is 22.9 Å². The second kappa shape index (κ2) is 8.68. The van der Waals surface area contributed by atoms with Gasteiger partial charge in [0.25, 0.3) is 0 Å². The monoisotopic (exact) mass is 419 g/mol. The minimum Gasteiger partial charge on any atom is -0.381 e. The van der Waals surface area contributed by atoms with E-state index in [1.54, 1.807) is 11.3 Å². The van der Waals surface area contributed by atoms with Gasteiger partial charge in [0, 0.05) is 61.4 Å². The Morgan fingerprint density at radius 1 is 1.25 bits per heavy atom. The molecule has 1 aromatic heterocycles. The molecule has 8 heteroatoms. The van der Waals surface area contributed by atoms with Crippen LogP contribution in [0.5, 0.6) is 0 Å².